The number of halogens is 2. The Balaban J connectivity index is 1.94. The number of carboxylic acids is 1. The molecule has 3 aromatic rings. The maximum Gasteiger partial charge on any atom is 0.303 e. The number of aliphatic carboxylic acids is 1. The van der Waals surface area contributed by atoms with Gasteiger partial charge in [0.2, 0.25) is 0 Å². The van der Waals surface area contributed by atoms with Gasteiger partial charge in [-0.1, -0.05) is 45.7 Å². The highest BCUT2D eigenvalue weighted by Gasteiger charge is 2.21. The van der Waals surface area contributed by atoms with Crippen LogP contribution >= 0.6 is 27.5 Å². The standard InChI is InChI=1S/C24H25BrClN3O3/c1-3-27-23-14(2)22(18-12-16(25)9-10-20(18)29-23)24(32)28-13-15(8-11-21(30)31)17-6-4-5-7-19(17)26/h4-7,9-10,12,15H,3,8,11,13H2,1-2H3,(H,27,29)(H,28,32)(H,30,31). The van der Waals surface area contributed by atoms with E-state index in [0.29, 0.717) is 34.9 Å². The lowest BCUT2D eigenvalue weighted by Crippen LogP contribution is -2.30. The van der Waals surface area contributed by atoms with Crippen molar-refractivity contribution in [3.8, 4) is 0 Å². The van der Waals surface area contributed by atoms with Crippen molar-refractivity contribution >= 4 is 56.1 Å². The smallest absolute Gasteiger partial charge is 0.303 e. The first-order valence-corrected chi connectivity index (χ1v) is 11.6. The molecule has 0 bridgehead atoms. The highest BCUT2D eigenvalue weighted by molar-refractivity contribution is 9.10. The van der Waals surface area contributed by atoms with Crippen LogP contribution in [0.3, 0.4) is 0 Å². The molecule has 6 nitrogen and oxygen atoms in total. The van der Waals surface area contributed by atoms with Crippen molar-refractivity contribution in [1.82, 2.24) is 10.3 Å². The van der Waals surface area contributed by atoms with Gasteiger partial charge in [0.1, 0.15) is 5.82 Å². The van der Waals surface area contributed by atoms with Gasteiger partial charge < -0.3 is 15.7 Å². The Morgan fingerprint density at radius 2 is 1.97 bits per heavy atom. The molecule has 32 heavy (non-hydrogen) atoms. The fourth-order valence-electron chi connectivity index (χ4n) is 3.74. The molecule has 1 heterocycles. The Morgan fingerprint density at radius 1 is 1.22 bits per heavy atom. The summed E-state index contributed by atoms with van der Waals surface area (Å²) in [4.78, 5) is 29.2. The fraction of sp³-hybridized carbons (Fsp3) is 0.292. The van der Waals surface area contributed by atoms with Crippen LogP contribution in [-0.2, 0) is 4.79 Å². The predicted octanol–water partition coefficient (Wildman–Crippen LogP) is 5.77. The number of nitrogens with one attached hydrogen (secondary N) is 2. The second-order valence-electron chi connectivity index (χ2n) is 7.51. The number of fused-ring (bicyclic) bond motifs is 1. The molecule has 0 saturated carbocycles. The van der Waals surface area contributed by atoms with E-state index in [1.165, 1.54) is 0 Å². The molecule has 1 amide bonds. The zero-order chi connectivity index (χ0) is 23.3. The predicted molar refractivity (Wildman–Crippen MR) is 132 cm³/mol. The zero-order valence-electron chi connectivity index (χ0n) is 17.9. The van der Waals surface area contributed by atoms with Crippen molar-refractivity contribution in [2.75, 3.05) is 18.4 Å². The summed E-state index contributed by atoms with van der Waals surface area (Å²) >= 11 is 9.84. The molecule has 0 fully saturated rings. The summed E-state index contributed by atoms with van der Waals surface area (Å²) in [6, 6.07) is 13.0. The molecule has 3 rings (SSSR count). The number of amides is 1. The van der Waals surface area contributed by atoms with Crippen LogP contribution in [0.1, 0.15) is 47.2 Å². The number of carboxylic acid groups (broad SMARTS) is 1. The minimum atomic E-state index is -0.885. The van der Waals surface area contributed by atoms with Crippen molar-refractivity contribution in [3.05, 3.63) is 68.7 Å². The van der Waals surface area contributed by atoms with E-state index < -0.39 is 5.97 Å². The summed E-state index contributed by atoms with van der Waals surface area (Å²) in [5.41, 5.74) is 2.84. The average Bonchev–Trinajstić information content (AvgIpc) is 2.75. The van der Waals surface area contributed by atoms with Gasteiger partial charge in [0.15, 0.2) is 0 Å². The van der Waals surface area contributed by atoms with Gasteiger partial charge in [0, 0.05) is 45.9 Å². The van der Waals surface area contributed by atoms with Gasteiger partial charge in [-0.2, -0.15) is 0 Å². The number of anilines is 1. The second-order valence-corrected chi connectivity index (χ2v) is 8.84. The summed E-state index contributed by atoms with van der Waals surface area (Å²) in [6.07, 6.45) is 0.351. The van der Waals surface area contributed by atoms with Crippen LogP contribution in [0, 0.1) is 6.92 Å². The summed E-state index contributed by atoms with van der Waals surface area (Å²) in [6.45, 7) is 4.80. The van der Waals surface area contributed by atoms with Crippen LogP contribution in [0.2, 0.25) is 5.02 Å². The Bertz CT molecular complexity index is 1150. The maximum absolute atomic E-state index is 13.4. The number of carbonyl (C=O) groups excluding carboxylic acids is 1. The quantitative estimate of drug-likeness (QED) is 0.334. The van der Waals surface area contributed by atoms with E-state index >= 15 is 0 Å². The van der Waals surface area contributed by atoms with E-state index in [1.807, 2.05) is 50.2 Å². The lowest BCUT2D eigenvalue weighted by atomic mass is 9.93. The maximum atomic E-state index is 13.4. The normalized spacial score (nSPS) is 11.9. The van der Waals surface area contributed by atoms with E-state index in [0.717, 1.165) is 21.0 Å². The van der Waals surface area contributed by atoms with Crippen LogP contribution in [0.4, 0.5) is 5.82 Å². The number of aromatic nitrogens is 1. The molecule has 1 atom stereocenters. The van der Waals surface area contributed by atoms with Gasteiger partial charge in [-0.25, -0.2) is 4.98 Å². The molecule has 0 saturated heterocycles. The topological polar surface area (TPSA) is 91.3 Å². The van der Waals surface area contributed by atoms with Gasteiger partial charge in [-0.15, -0.1) is 0 Å². The van der Waals surface area contributed by atoms with Crippen molar-refractivity contribution in [3.63, 3.8) is 0 Å². The summed E-state index contributed by atoms with van der Waals surface area (Å²) in [5, 5.41) is 16.7. The van der Waals surface area contributed by atoms with Crippen molar-refractivity contribution < 1.29 is 14.7 Å². The monoisotopic (exact) mass is 517 g/mol. The van der Waals surface area contributed by atoms with E-state index in [1.54, 1.807) is 6.07 Å². The average molecular weight is 519 g/mol. The van der Waals surface area contributed by atoms with E-state index in [9.17, 15) is 9.59 Å². The van der Waals surface area contributed by atoms with Crippen LogP contribution in [-0.4, -0.2) is 35.1 Å². The third-order valence-corrected chi connectivity index (χ3v) is 6.16. The number of rotatable bonds is 9. The van der Waals surface area contributed by atoms with Crippen LogP contribution in [0.25, 0.3) is 10.9 Å². The first-order chi connectivity index (χ1) is 15.3. The number of hydrogen-bond donors (Lipinski definition) is 3. The first-order valence-electron chi connectivity index (χ1n) is 10.4. The molecule has 1 unspecified atom stereocenters. The minimum absolute atomic E-state index is 0.0134. The summed E-state index contributed by atoms with van der Waals surface area (Å²) in [5.74, 6) is -0.679. The molecule has 0 aliphatic carbocycles. The Morgan fingerprint density at radius 3 is 2.66 bits per heavy atom. The van der Waals surface area contributed by atoms with Gasteiger partial charge in [0.05, 0.1) is 11.1 Å². The molecular weight excluding hydrogens is 494 g/mol. The third-order valence-electron chi connectivity index (χ3n) is 5.32. The zero-order valence-corrected chi connectivity index (χ0v) is 20.3. The van der Waals surface area contributed by atoms with Crippen LogP contribution in [0.5, 0.6) is 0 Å². The van der Waals surface area contributed by atoms with Gasteiger partial charge in [0.25, 0.3) is 5.91 Å². The molecule has 0 aliphatic heterocycles. The Hall–Kier alpha value is -2.64. The molecular formula is C24H25BrClN3O3. The van der Waals surface area contributed by atoms with Crippen molar-refractivity contribution in [1.29, 1.82) is 0 Å². The van der Waals surface area contributed by atoms with Gasteiger partial charge in [-0.05, 0) is 50.1 Å². The van der Waals surface area contributed by atoms with E-state index in [2.05, 4.69) is 31.5 Å². The number of nitrogens with zero attached hydrogens (tertiary/aromatic N) is 1. The summed E-state index contributed by atoms with van der Waals surface area (Å²) in [7, 11) is 0. The summed E-state index contributed by atoms with van der Waals surface area (Å²) < 4.78 is 0.854. The van der Waals surface area contributed by atoms with Gasteiger partial charge in [-0.3, -0.25) is 9.59 Å². The molecule has 8 heteroatoms. The lowest BCUT2D eigenvalue weighted by Gasteiger charge is -2.20. The molecule has 168 valence electrons. The SMILES string of the molecule is CCNc1nc2ccc(Br)cc2c(C(=O)NCC(CCC(=O)O)c2ccccc2Cl)c1C. The van der Waals surface area contributed by atoms with Crippen LogP contribution < -0.4 is 10.6 Å². The van der Waals surface area contributed by atoms with E-state index in [4.69, 9.17) is 16.7 Å². The lowest BCUT2D eigenvalue weighted by molar-refractivity contribution is -0.137. The molecule has 0 spiro atoms. The molecule has 2 aromatic carbocycles. The molecule has 3 N–H and O–H groups in total. The van der Waals surface area contributed by atoms with E-state index in [-0.39, 0.29) is 24.8 Å². The van der Waals surface area contributed by atoms with Crippen molar-refractivity contribution in [2.45, 2.75) is 32.6 Å². The fourth-order valence-corrected chi connectivity index (χ4v) is 4.39. The highest BCUT2D eigenvalue weighted by atomic mass is 79.9. The minimum Gasteiger partial charge on any atom is -0.481 e. The first kappa shape index (κ1) is 24.0. The number of pyridine rings is 1. The number of carbonyl (C=O) groups is 2. The highest BCUT2D eigenvalue weighted by Crippen LogP contribution is 2.30. The molecule has 1 aromatic heterocycles. The molecule has 0 aliphatic rings. The van der Waals surface area contributed by atoms with Crippen molar-refractivity contribution in [2.24, 2.45) is 0 Å². The number of benzene rings is 2. The van der Waals surface area contributed by atoms with Crippen LogP contribution in [0.15, 0.2) is 46.9 Å². The molecule has 0 radical (unpaired) electrons. The van der Waals surface area contributed by atoms with Gasteiger partial charge >= 0.3 is 5.97 Å². The third kappa shape index (κ3) is 5.58. The second kappa shape index (κ2) is 10.8. The Labute approximate surface area is 200 Å². The Kier molecular flexibility index (Phi) is 8.10. The largest absolute Gasteiger partial charge is 0.481 e. The number of hydrogen-bond acceptors (Lipinski definition) is 4.